The van der Waals surface area contributed by atoms with Crippen LogP contribution in [0.1, 0.15) is 41.8 Å². The number of nitrogens with zero attached hydrogens (tertiary/aromatic N) is 2. The molecule has 0 fully saturated rings. The highest BCUT2D eigenvalue weighted by atomic mass is 35.5. The second-order valence-electron chi connectivity index (χ2n) is 5.10. The van der Waals surface area contributed by atoms with Crippen LogP contribution in [0.4, 0.5) is 0 Å². The first kappa shape index (κ1) is 13.6. The van der Waals surface area contributed by atoms with E-state index >= 15 is 0 Å². The lowest BCUT2D eigenvalue weighted by molar-refractivity contribution is 0.134. The zero-order chi connectivity index (χ0) is 14.1. The van der Waals surface area contributed by atoms with E-state index in [-0.39, 0.29) is 6.04 Å². The predicted octanol–water partition coefficient (Wildman–Crippen LogP) is 3.02. The van der Waals surface area contributed by atoms with E-state index in [1.54, 1.807) is 6.20 Å². The van der Waals surface area contributed by atoms with Gasteiger partial charge in [-0.05, 0) is 23.1 Å². The minimum atomic E-state index is -0.262. The standard InChI is InChI=1S/C15H18ClN3O/c1-2-5-19-15(13(16)7-18-19)14(17)10-3-4-11-8-20-9-12(11)6-10/h3-4,6-7,14H,2,5,8-9,17H2,1H3. The van der Waals surface area contributed by atoms with Crippen LogP contribution < -0.4 is 5.73 Å². The van der Waals surface area contributed by atoms with Gasteiger partial charge in [0.2, 0.25) is 0 Å². The van der Waals surface area contributed by atoms with Gasteiger partial charge in [-0.1, -0.05) is 36.7 Å². The van der Waals surface area contributed by atoms with Crippen LogP contribution >= 0.6 is 11.6 Å². The molecule has 5 heteroatoms. The summed E-state index contributed by atoms with van der Waals surface area (Å²) in [6, 6.07) is 6.00. The fourth-order valence-electron chi connectivity index (χ4n) is 2.61. The summed E-state index contributed by atoms with van der Waals surface area (Å²) in [7, 11) is 0. The number of halogens is 1. The molecule has 0 saturated carbocycles. The number of aromatic nitrogens is 2. The van der Waals surface area contributed by atoms with E-state index in [1.165, 1.54) is 11.1 Å². The Hall–Kier alpha value is -1.36. The van der Waals surface area contributed by atoms with Crippen LogP contribution in [0.15, 0.2) is 24.4 Å². The Balaban J connectivity index is 1.96. The van der Waals surface area contributed by atoms with Crippen LogP contribution in [0.25, 0.3) is 0 Å². The van der Waals surface area contributed by atoms with Crippen molar-refractivity contribution < 1.29 is 4.74 Å². The Labute approximate surface area is 123 Å². The molecule has 0 saturated heterocycles. The van der Waals surface area contributed by atoms with Crippen molar-refractivity contribution in [2.75, 3.05) is 0 Å². The number of rotatable bonds is 4. The van der Waals surface area contributed by atoms with Crippen molar-refractivity contribution in [2.24, 2.45) is 5.73 Å². The maximum atomic E-state index is 6.40. The zero-order valence-electron chi connectivity index (χ0n) is 11.5. The molecule has 1 atom stereocenters. The van der Waals surface area contributed by atoms with Crippen LogP contribution in [-0.4, -0.2) is 9.78 Å². The zero-order valence-corrected chi connectivity index (χ0v) is 12.2. The molecule has 4 nitrogen and oxygen atoms in total. The van der Waals surface area contributed by atoms with Crippen molar-refractivity contribution in [2.45, 2.75) is 39.1 Å². The second-order valence-corrected chi connectivity index (χ2v) is 5.51. The van der Waals surface area contributed by atoms with Crippen LogP contribution in [0, 0.1) is 0 Å². The minimum absolute atomic E-state index is 0.262. The van der Waals surface area contributed by atoms with Crippen molar-refractivity contribution in [3.05, 3.63) is 51.8 Å². The van der Waals surface area contributed by atoms with Gasteiger partial charge in [-0.2, -0.15) is 5.10 Å². The van der Waals surface area contributed by atoms with Crippen molar-refractivity contribution in [3.63, 3.8) is 0 Å². The number of aryl methyl sites for hydroxylation is 1. The highest BCUT2D eigenvalue weighted by molar-refractivity contribution is 6.31. The maximum absolute atomic E-state index is 6.40. The van der Waals surface area contributed by atoms with Gasteiger partial charge in [0.25, 0.3) is 0 Å². The van der Waals surface area contributed by atoms with Crippen molar-refractivity contribution >= 4 is 11.6 Å². The third kappa shape index (κ3) is 2.35. The molecule has 0 bridgehead atoms. The van der Waals surface area contributed by atoms with Crippen molar-refractivity contribution in [1.82, 2.24) is 9.78 Å². The summed E-state index contributed by atoms with van der Waals surface area (Å²) < 4.78 is 7.34. The quantitative estimate of drug-likeness (QED) is 0.942. The van der Waals surface area contributed by atoms with Gasteiger partial charge in [-0.3, -0.25) is 4.68 Å². The Bertz CT molecular complexity index is 624. The van der Waals surface area contributed by atoms with E-state index < -0.39 is 0 Å². The van der Waals surface area contributed by atoms with Crippen molar-refractivity contribution in [1.29, 1.82) is 0 Å². The van der Waals surface area contributed by atoms with E-state index in [1.807, 2.05) is 4.68 Å². The Morgan fingerprint density at radius 1 is 1.40 bits per heavy atom. The smallest absolute Gasteiger partial charge is 0.0837 e. The van der Waals surface area contributed by atoms with Gasteiger partial charge >= 0.3 is 0 Å². The number of hydrogen-bond donors (Lipinski definition) is 1. The van der Waals surface area contributed by atoms with Gasteiger partial charge in [0.15, 0.2) is 0 Å². The highest BCUT2D eigenvalue weighted by Gasteiger charge is 2.20. The number of hydrogen-bond acceptors (Lipinski definition) is 3. The molecule has 1 aliphatic heterocycles. The first-order valence-electron chi connectivity index (χ1n) is 6.87. The van der Waals surface area contributed by atoms with Gasteiger partial charge in [-0.15, -0.1) is 0 Å². The van der Waals surface area contributed by atoms with Crippen LogP contribution in [0.5, 0.6) is 0 Å². The van der Waals surface area contributed by atoms with Gasteiger partial charge in [0, 0.05) is 6.54 Å². The van der Waals surface area contributed by atoms with Crippen molar-refractivity contribution in [3.8, 4) is 0 Å². The Kier molecular flexibility index (Phi) is 3.78. The second kappa shape index (κ2) is 5.56. The minimum Gasteiger partial charge on any atom is -0.372 e. The number of fused-ring (bicyclic) bond motifs is 1. The normalized spacial score (nSPS) is 15.3. The first-order chi connectivity index (χ1) is 9.70. The molecule has 0 radical (unpaired) electrons. The molecule has 0 aliphatic carbocycles. The lowest BCUT2D eigenvalue weighted by atomic mass is 9.99. The molecule has 1 aromatic heterocycles. The van der Waals surface area contributed by atoms with E-state index in [9.17, 15) is 0 Å². The van der Waals surface area contributed by atoms with Crippen LogP contribution in [-0.2, 0) is 24.5 Å². The van der Waals surface area contributed by atoms with Crippen LogP contribution in [0.3, 0.4) is 0 Å². The molecule has 1 aromatic carbocycles. The molecule has 0 spiro atoms. The molecule has 1 unspecified atom stereocenters. The van der Waals surface area contributed by atoms with E-state index in [4.69, 9.17) is 22.1 Å². The molecule has 3 rings (SSSR count). The number of benzene rings is 1. The predicted molar refractivity (Wildman–Crippen MR) is 78.5 cm³/mol. The third-order valence-corrected chi connectivity index (χ3v) is 3.96. The largest absolute Gasteiger partial charge is 0.372 e. The lowest BCUT2D eigenvalue weighted by Gasteiger charge is -2.16. The molecular weight excluding hydrogens is 274 g/mol. The maximum Gasteiger partial charge on any atom is 0.0837 e. The average Bonchev–Trinajstić information content (AvgIpc) is 3.04. The summed E-state index contributed by atoms with van der Waals surface area (Å²) >= 11 is 6.25. The molecule has 0 amide bonds. The van der Waals surface area contributed by atoms with Gasteiger partial charge < -0.3 is 10.5 Å². The summed E-state index contributed by atoms with van der Waals surface area (Å²) in [5, 5.41) is 4.93. The fraction of sp³-hybridized carbons (Fsp3) is 0.400. The lowest BCUT2D eigenvalue weighted by Crippen LogP contribution is -2.18. The molecule has 1 aliphatic rings. The number of ether oxygens (including phenoxy) is 1. The fourth-order valence-corrected chi connectivity index (χ4v) is 2.87. The average molecular weight is 292 g/mol. The van der Waals surface area contributed by atoms with E-state index in [2.05, 4.69) is 30.2 Å². The summed E-state index contributed by atoms with van der Waals surface area (Å²) in [5.41, 5.74) is 10.8. The SMILES string of the molecule is CCCn1ncc(Cl)c1C(N)c1ccc2c(c1)COC2. The summed E-state index contributed by atoms with van der Waals surface area (Å²) in [6.07, 6.45) is 2.67. The van der Waals surface area contributed by atoms with Gasteiger partial charge in [0.05, 0.1) is 36.2 Å². The van der Waals surface area contributed by atoms with Crippen LogP contribution in [0.2, 0.25) is 5.02 Å². The third-order valence-electron chi connectivity index (χ3n) is 3.67. The molecule has 20 heavy (non-hydrogen) atoms. The summed E-state index contributed by atoms with van der Waals surface area (Å²) in [5.74, 6) is 0. The number of nitrogens with two attached hydrogens (primary N) is 1. The monoisotopic (exact) mass is 291 g/mol. The first-order valence-corrected chi connectivity index (χ1v) is 7.24. The molecule has 106 valence electrons. The van der Waals surface area contributed by atoms with Gasteiger partial charge in [0.1, 0.15) is 0 Å². The highest BCUT2D eigenvalue weighted by Crippen LogP contribution is 2.29. The summed E-state index contributed by atoms with van der Waals surface area (Å²) in [4.78, 5) is 0. The van der Waals surface area contributed by atoms with E-state index in [0.717, 1.165) is 24.2 Å². The molecule has 2 heterocycles. The molecular formula is C15H18ClN3O. The molecule has 2 aromatic rings. The van der Waals surface area contributed by atoms with Gasteiger partial charge in [-0.25, -0.2) is 0 Å². The van der Waals surface area contributed by atoms with E-state index in [0.29, 0.717) is 18.2 Å². The molecule has 2 N–H and O–H groups in total. The topological polar surface area (TPSA) is 53.1 Å². The Morgan fingerprint density at radius 2 is 2.20 bits per heavy atom. The Morgan fingerprint density at radius 3 is 3.00 bits per heavy atom. The summed E-state index contributed by atoms with van der Waals surface area (Å²) in [6.45, 7) is 4.29.